The molecule has 2 heterocycles. The molecule has 0 unspecified atom stereocenters. The van der Waals surface area contributed by atoms with Crippen LogP contribution in [-0.4, -0.2) is 9.97 Å². The molecule has 3 heteroatoms. The maximum absolute atomic E-state index is 5.11. The number of nitrogens with zero attached hydrogens (tertiary/aromatic N) is 2. The monoisotopic (exact) mass is 654 g/mol. The summed E-state index contributed by atoms with van der Waals surface area (Å²) in [5, 5.41) is 0. The summed E-state index contributed by atoms with van der Waals surface area (Å²) < 4.78 is 0. The fourth-order valence-corrected chi connectivity index (χ4v) is 9.20. The summed E-state index contributed by atoms with van der Waals surface area (Å²) >= 11 is 1.88. The van der Waals surface area contributed by atoms with Gasteiger partial charge in [0.2, 0.25) is 0 Å². The highest BCUT2D eigenvalue weighted by Crippen LogP contribution is 2.62. The zero-order valence-electron chi connectivity index (χ0n) is 27.1. The van der Waals surface area contributed by atoms with Crippen molar-refractivity contribution in [3.05, 3.63) is 204 Å². The number of hydrogen-bond donors (Lipinski definition) is 0. The first-order valence-electron chi connectivity index (χ1n) is 17.0. The second kappa shape index (κ2) is 11.5. The van der Waals surface area contributed by atoms with Crippen LogP contribution in [0.15, 0.2) is 192 Å². The number of rotatable bonds is 4. The quantitative estimate of drug-likeness (QED) is 0.189. The molecule has 8 aromatic rings. The van der Waals surface area contributed by atoms with Crippen LogP contribution >= 0.6 is 11.8 Å². The van der Waals surface area contributed by atoms with Crippen molar-refractivity contribution in [2.75, 3.05) is 0 Å². The summed E-state index contributed by atoms with van der Waals surface area (Å²) in [6, 6.07) is 65.5. The summed E-state index contributed by atoms with van der Waals surface area (Å²) in [6.07, 6.45) is 0. The second-order valence-corrected chi connectivity index (χ2v) is 14.0. The van der Waals surface area contributed by atoms with Gasteiger partial charge >= 0.3 is 0 Å². The van der Waals surface area contributed by atoms with E-state index in [9.17, 15) is 0 Å². The molecule has 1 spiro atoms. The van der Waals surface area contributed by atoms with Gasteiger partial charge in [-0.3, -0.25) is 0 Å². The van der Waals surface area contributed by atoms with E-state index in [0.29, 0.717) is 0 Å². The topological polar surface area (TPSA) is 25.8 Å². The second-order valence-electron chi connectivity index (χ2n) is 12.9. The van der Waals surface area contributed by atoms with Gasteiger partial charge in [0.1, 0.15) is 0 Å². The lowest BCUT2D eigenvalue weighted by molar-refractivity contribution is 0.722. The first kappa shape index (κ1) is 28.9. The van der Waals surface area contributed by atoms with Gasteiger partial charge in [-0.1, -0.05) is 169 Å². The third-order valence-electron chi connectivity index (χ3n) is 10.2. The van der Waals surface area contributed by atoms with E-state index in [2.05, 4.69) is 158 Å². The molecular weight excluding hydrogens is 625 g/mol. The van der Waals surface area contributed by atoms with Gasteiger partial charge in [-0.25, -0.2) is 9.97 Å². The first-order valence-corrected chi connectivity index (χ1v) is 17.8. The van der Waals surface area contributed by atoms with Gasteiger partial charge in [-0.2, -0.15) is 0 Å². The average molecular weight is 655 g/mol. The third-order valence-corrected chi connectivity index (χ3v) is 11.3. The molecule has 1 aliphatic heterocycles. The van der Waals surface area contributed by atoms with Gasteiger partial charge in [0.15, 0.2) is 5.82 Å². The van der Waals surface area contributed by atoms with Gasteiger partial charge < -0.3 is 0 Å². The van der Waals surface area contributed by atoms with Crippen molar-refractivity contribution in [1.29, 1.82) is 0 Å². The fourth-order valence-electron chi connectivity index (χ4n) is 7.97. The molecule has 0 bridgehead atoms. The minimum absolute atomic E-state index is 0.368. The molecule has 50 heavy (non-hydrogen) atoms. The largest absolute Gasteiger partial charge is 0.228 e. The zero-order chi connectivity index (χ0) is 33.1. The van der Waals surface area contributed by atoms with Gasteiger partial charge in [-0.15, -0.1) is 0 Å². The SMILES string of the molecule is c1ccc(-c2cc(-c3cccc(-c4ccc5c(c4)Sc4ccccc4C54c5ccccc5-c5ccccc54)c3)nc(-c3ccccc3)n2)cc1. The molecule has 1 aromatic heterocycles. The molecule has 0 fully saturated rings. The fraction of sp³-hybridized carbons (Fsp3) is 0.0213. The zero-order valence-corrected chi connectivity index (χ0v) is 27.9. The molecule has 1 aliphatic carbocycles. The van der Waals surface area contributed by atoms with Gasteiger partial charge in [-0.05, 0) is 68.8 Å². The molecule has 0 N–H and O–H groups in total. The highest BCUT2D eigenvalue weighted by Gasteiger charge is 2.49. The number of fused-ring (bicyclic) bond motifs is 9. The summed E-state index contributed by atoms with van der Waals surface area (Å²) in [5.74, 6) is 0.721. The van der Waals surface area contributed by atoms with E-state index >= 15 is 0 Å². The van der Waals surface area contributed by atoms with Gasteiger partial charge in [0.25, 0.3) is 0 Å². The molecule has 0 radical (unpaired) electrons. The van der Waals surface area contributed by atoms with Crippen LogP contribution in [0.1, 0.15) is 22.3 Å². The Balaban J connectivity index is 1.12. The smallest absolute Gasteiger partial charge is 0.160 e. The van der Waals surface area contributed by atoms with Gasteiger partial charge in [0.05, 0.1) is 16.8 Å². The Morgan fingerprint density at radius 2 is 0.860 bits per heavy atom. The van der Waals surface area contributed by atoms with Gasteiger partial charge in [0, 0.05) is 26.5 Å². The van der Waals surface area contributed by atoms with Crippen molar-refractivity contribution in [3.8, 4) is 56.2 Å². The van der Waals surface area contributed by atoms with E-state index in [1.165, 1.54) is 48.7 Å². The summed E-state index contributed by atoms with van der Waals surface area (Å²) in [6.45, 7) is 0. The van der Waals surface area contributed by atoms with Crippen molar-refractivity contribution in [1.82, 2.24) is 9.97 Å². The maximum Gasteiger partial charge on any atom is 0.160 e. The lowest BCUT2D eigenvalue weighted by atomic mass is 9.67. The molecule has 2 aliphatic rings. The number of benzene rings is 7. The van der Waals surface area contributed by atoms with Crippen molar-refractivity contribution in [2.45, 2.75) is 15.2 Å². The Hall–Kier alpha value is -6.03. The van der Waals surface area contributed by atoms with E-state index in [0.717, 1.165) is 39.5 Å². The van der Waals surface area contributed by atoms with Crippen LogP contribution in [0, 0.1) is 0 Å². The van der Waals surface area contributed by atoms with Crippen LogP contribution in [0.4, 0.5) is 0 Å². The predicted molar refractivity (Wildman–Crippen MR) is 205 cm³/mol. The van der Waals surface area contributed by atoms with E-state index in [-0.39, 0.29) is 5.41 Å². The highest BCUT2D eigenvalue weighted by atomic mass is 32.2. The number of aromatic nitrogens is 2. The van der Waals surface area contributed by atoms with E-state index in [4.69, 9.17) is 9.97 Å². The van der Waals surface area contributed by atoms with Crippen molar-refractivity contribution in [3.63, 3.8) is 0 Å². The highest BCUT2D eigenvalue weighted by molar-refractivity contribution is 7.99. The molecule has 2 nitrogen and oxygen atoms in total. The van der Waals surface area contributed by atoms with Crippen LogP contribution in [-0.2, 0) is 5.41 Å². The Labute approximate surface area is 296 Å². The summed E-state index contributed by atoms with van der Waals surface area (Å²) in [7, 11) is 0. The van der Waals surface area contributed by atoms with Crippen LogP contribution < -0.4 is 0 Å². The predicted octanol–water partition coefficient (Wildman–Crippen LogP) is 12.0. The summed E-state index contributed by atoms with van der Waals surface area (Å²) in [5.41, 5.74) is 15.0. The molecule has 0 amide bonds. The van der Waals surface area contributed by atoms with Crippen LogP contribution in [0.2, 0.25) is 0 Å². The number of hydrogen-bond acceptors (Lipinski definition) is 3. The molecule has 0 saturated carbocycles. The standard InChI is InChI=1S/C47H30N2S/c1-3-14-31(15-4-1)42-30-43(49-46(48-42)32-16-5-2-6-17-32)35-19-13-18-33(28-35)34-26-27-41-45(29-34)50-44-25-12-11-24-40(44)47(41)38-22-9-7-20-36(38)37-21-8-10-23-39(37)47/h1-30H. The Morgan fingerprint density at radius 1 is 0.340 bits per heavy atom. The van der Waals surface area contributed by atoms with Crippen molar-refractivity contribution < 1.29 is 0 Å². The van der Waals surface area contributed by atoms with Crippen LogP contribution in [0.3, 0.4) is 0 Å². The maximum atomic E-state index is 5.11. The lowest BCUT2D eigenvalue weighted by Crippen LogP contribution is -2.31. The lowest BCUT2D eigenvalue weighted by Gasteiger charge is -2.39. The molecular formula is C47H30N2S. The Morgan fingerprint density at radius 3 is 1.58 bits per heavy atom. The van der Waals surface area contributed by atoms with Crippen LogP contribution in [0.25, 0.3) is 56.2 Å². The van der Waals surface area contributed by atoms with Crippen molar-refractivity contribution >= 4 is 11.8 Å². The molecule has 10 rings (SSSR count). The molecule has 0 atom stereocenters. The molecule has 0 saturated heterocycles. The third kappa shape index (κ3) is 4.44. The summed E-state index contributed by atoms with van der Waals surface area (Å²) in [4.78, 5) is 12.7. The van der Waals surface area contributed by atoms with Crippen LogP contribution in [0.5, 0.6) is 0 Å². The normalized spacial score (nSPS) is 13.3. The Bertz CT molecular complexity index is 2470. The average Bonchev–Trinajstić information content (AvgIpc) is 3.49. The molecule has 7 aromatic carbocycles. The molecule has 234 valence electrons. The first-order chi connectivity index (χ1) is 24.8. The van der Waals surface area contributed by atoms with E-state index in [1.54, 1.807) is 0 Å². The minimum Gasteiger partial charge on any atom is -0.228 e. The van der Waals surface area contributed by atoms with E-state index < -0.39 is 0 Å². The minimum atomic E-state index is -0.368. The van der Waals surface area contributed by atoms with Crippen molar-refractivity contribution in [2.24, 2.45) is 0 Å². The van der Waals surface area contributed by atoms with E-state index in [1.807, 2.05) is 36.0 Å². The Kier molecular flexibility index (Phi) is 6.68.